The molecule has 2 saturated carbocycles. The summed E-state index contributed by atoms with van der Waals surface area (Å²) in [6.45, 7) is 10.3. The van der Waals surface area contributed by atoms with Crippen LogP contribution >= 0.6 is 0 Å². The van der Waals surface area contributed by atoms with Crippen molar-refractivity contribution in [1.82, 2.24) is 5.32 Å². The second kappa shape index (κ2) is 2.62. The third-order valence-electron chi connectivity index (χ3n) is 4.47. The third-order valence-corrected chi connectivity index (χ3v) is 4.47. The molecule has 78 valence electrons. The fourth-order valence-corrected chi connectivity index (χ4v) is 3.50. The van der Waals surface area contributed by atoms with Crippen molar-refractivity contribution in [2.75, 3.05) is 0 Å². The molecule has 0 radical (unpaired) electrons. The summed E-state index contributed by atoms with van der Waals surface area (Å²) in [5.74, 6) is 0.781. The van der Waals surface area contributed by atoms with Crippen molar-refractivity contribution in [2.24, 2.45) is 11.3 Å². The molecule has 0 aromatic rings. The molecule has 14 heavy (non-hydrogen) atoms. The lowest BCUT2D eigenvalue weighted by atomic mass is 9.75. The molecule has 1 N–H and O–H groups in total. The Morgan fingerprint density at radius 2 is 2.21 bits per heavy atom. The summed E-state index contributed by atoms with van der Waals surface area (Å²) in [4.78, 5) is 11.3. The summed E-state index contributed by atoms with van der Waals surface area (Å²) in [7, 11) is 0. The predicted octanol–water partition coefficient (Wildman–Crippen LogP) is 2.26. The van der Waals surface area contributed by atoms with Gasteiger partial charge in [-0.05, 0) is 30.6 Å². The van der Waals surface area contributed by atoms with Gasteiger partial charge in [0.1, 0.15) is 0 Å². The number of carbonyl (C=O) groups excluding carboxylic acids is 1. The van der Waals surface area contributed by atoms with Crippen molar-refractivity contribution < 1.29 is 4.79 Å². The molecule has 0 aromatic heterocycles. The smallest absolute Gasteiger partial charge is 0.217 e. The Kier molecular flexibility index (Phi) is 1.82. The van der Waals surface area contributed by atoms with Crippen LogP contribution in [0.2, 0.25) is 0 Å². The van der Waals surface area contributed by atoms with Gasteiger partial charge in [-0.3, -0.25) is 4.79 Å². The SMILES string of the molecule is C=C1C[C@@H]2CC[C@]1(NC(C)=O)C2(C)C. The molecule has 1 amide bonds. The Hall–Kier alpha value is -0.790. The third kappa shape index (κ3) is 0.943. The van der Waals surface area contributed by atoms with Gasteiger partial charge in [0.15, 0.2) is 0 Å². The monoisotopic (exact) mass is 193 g/mol. The van der Waals surface area contributed by atoms with Gasteiger partial charge >= 0.3 is 0 Å². The fraction of sp³-hybridized carbons (Fsp3) is 0.750. The molecule has 0 saturated heterocycles. The van der Waals surface area contributed by atoms with Crippen LogP contribution in [0.1, 0.15) is 40.0 Å². The van der Waals surface area contributed by atoms with E-state index in [4.69, 9.17) is 0 Å². The van der Waals surface area contributed by atoms with Gasteiger partial charge in [-0.1, -0.05) is 26.0 Å². The lowest BCUT2D eigenvalue weighted by Crippen LogP contribution is -2.53. The highest BCUT2D eigenvalue weighted by Gasteiger charge is 2.61. The zero-order valence-electron chi connectivity index (χ0n) is 9.31. The minimum absolute atomic E-state index is 0.0711. The molecule has 0 unspecified atom stereocenters. The van der Waals surface area contributed by atoms with Crippen LogP contribution in [0.5, 0.6) is 0 Å². The summed E-state index contributed by atoms with van der Waals surface area (Å²) in [6.07, 6.45) is 3.39. The Labute approximate surface area is 85.8 Å². The van der Waals surface area contributed by atoms with E-state index < -0.39 is 0 Å². The zero-order valence-corrected chi connectivity index (χ0v) is 9.31. The highest BCUT2D eigenvalue weighted by molar-refractivity contribution is 5.75. The topological polar surface area (TPSA) is 29.1 Å². The van der Waals surface area contributed by atoms with E-state index in [1.54, 1.807) is 6.92 Å². The van der Waals surface area contributed by atoms with E-state index in [1.807, 2.05) is 0 Å². The van der Waals surface area contributed by atoms with Crippen molar-refractivity contribution in [3.05, 3.63) is 12.2 Å². The number of hydrogen-bond acceptors (Lipinski definition) is 1. The van der Waals surface area contributed by atoms with Crippen LogP contribution in [0.25, 0.3) is 0 Å². The number of nitrogens with one attached hydrogen (secondary N) is 1. The first-order chi connectivity index (χ1) is 6.40. The quantitative estimate of drug-likeness (QED) is 0.636. The van der Waals surface area contributed by atoms with Crippen LogP contribution in [0, 0.1) is 11.3 Å². The van der Waals surface area contributed by atoms with Crippen molar-refractivity contribution >= 4 is 5.91 Å². The molecule has 2 fully saturated rings. The number of rotatable bonds is 1. The second-order valence-corrected chi connectivity index (χ2v) is 5.35. The maximum absolute atomic E-state index is 11.3. The normalized spacial score (nSPS) is 38.8. The highest BCUT2D eigenvalue weighted by atomic mass is 16.1. The molecule has 2 heteroatoms. The van der Waals surface area contributed by atoms with Crippen molar-refractivity contribution in [3.63, 3.8) is 0 Å². The first-order valence-electron chi connectivity index (χ1n) is 5.37. The van der Waals surface area contributed by atoms with Crippen molar-refractivity contribution in [2.45, 2.75) is 45.6 Å². The molecule has 0 heterocycles. The first-order valence-corrected chi connectivity index (χ1v) is 5.37. The molecule has 2 bridgehead atoms. The van der Waals surface area contributed by atoms with E-state index in [0.29, 0.717) is 5.92 Å². The van der Waals surface area contributed by atoms with E-state index in [9.17, 15) is 4.79 Å². The largest absolute Gasteiger partial charge is 0.347 e. The van der Waals surface area contributed by atoms with E-state index in [0.717, 1.165) is 12.8 Å². The first kappa shape index (κ1) is 9.75. The average molecular weight is 193 g/mol. The second-order valence-electron chi connectivity index (χ2n) is 5.35. The summed E-state index contributed by atoms with van der Waals surface area (Å²) in [6, 6.07) is 0. The van der Waals surface area contributed by atoms with Gasteiger partial charge in [-0.15, -0.1) is 0 Å². The lowest BCUT2D eigenvalue weighted by molar-refractivity contribution is -0.121. The van der Waals surface area contributed by atoms with E-state index in [1.165, 1.54) is 12.0 Å². The van der Waals surface area contributed by atoms with Gasteiger partial charge in [0, 0.05) is 6.92 Å². The van der Waals surface area contributed by atoms with Gasteiger partial charge in [0.25, 0.3) is 0 Å². The summed E-state index contributed by atoms with van der Waals surface area (Å²) >= 11 is 0. The molecule has 0 aliphatic heterocycles. The van der Waals surface area contributed by atoms with Crippen LogP contribution in [0.15, 0.2) is 12.2 Å². The molecule has 2 rings (SSSR count). The van der Waals surface area contributed by atoms with Crippen LogP contribution in [0.3, 0.4) is 0 Å². The standard InChI is InChI=1S/C12H19NO/c1-8-7-10-5-6-12(8,11(10,3)4)13-9(2)14/h10H,1,5-7H2,2-4H3,(H,13,14)/t10-,12+/m0/s1. The van der Waals surface area contributed by atoms with Crippen molar-refractivity contribution in [3.8, 4) is 0 Å². The minimum Gasteiger partial charge on any atom is -0.347 e. The maximum atomic E-state index is 11.3. The van der Waals surface area contributed by atoms with Crippen molar-refractivity contribution in [1.29, 1.82) is 0 Å². The van der Waals surface area contributed by atoms with Crippen LogP contribution in [-0.4, -0.2) is 11.4 Å². The van der Waals surface area contributed by atoms with Gasteiger partial charge in [-0.25, -0.2) is 0 Å². The summed E-state index contributed by atoms with van der Waals surface area (Å²) in [5, 5.41) is 3.15. The average Bonchev–Trinajstić information content (AvgIpc) is 2.36. The van der Waals surface area contributed by atoms with Crippen LogP contribution < -0.4 is 5.32 Å². The molecule has 2 aliphatic carbocycles. The number of carbonyl (C=O) groups is 1. The Balaban J connectivity index is 2.39. The molecular formula is C12H19NO. The lowest BCUT2D eigenvalue weighted by Gasteiger charge is -2.39. The molecular weight excluding hydrogens is 174 g/mol. The summed E-state index contributed by atoms with van der Waals surface area (Å²) in [5.41, 5.74) is 1.31. The molecule has 0 spiro atoms. The zero-order chi connectivity index (χ0) is 10.6. The highest BCUT2D eigenvalue weighted by Crippen LogP contribution is 2.62. The van der Waals surface area contributed by atoms with Gasteiger partial charge in [0.05, 0.1) is 5.54 Å². The van der Waals surface area contributed by atoms with E-state index in [-0.39, 0.29) is 16.9 Å². The van der Waals surface area contributed by atoms with E-state index >= 15 is 0 Å². The number of hydrogen-bond donors (Lipinski definition) is 1. The molecule has 0 aromatic carbocycles. The number of amides is 1. The molecule has 2 nitrogen and oxygen atoms in total. The Bertz CT molecular complexity index is 305. The van der Waals surface area contributed by atoms with Gasteiger partial charge < -0.3 is 5.32 Å². The van der Waals surface area contributed by atoms with Gasteiger partial charge in [-0.2, -0.15) is 0 Å². The maximum Gasteiger partial charge on any atom is 0.217 e. The summed E-state index contributed by atoms with van der Waals surface area (Å²) < 4.78 is 0. The van der Waals surface area contributed by atoms with Gasteiger partial charge in [0.2, 0.25) is 5.91 Å². The minimum atomic E-state index is -0.108. The van der Waals surface area contributed by atoms with E-state index in [2.05, 4.69) is 25.7 Å². The predicted molar refractivity (Wildman–Crippen MR) is 56.8 cm³/mol. The molecule has 2 aliphatic rings. The number of fused-ring (bicyclic) bond motifs is 2. The Morgan fingerprint density at radius 3 is 2.57 bits per heavy atom. The Morgan fingerprint density at radius 1 is 1.57 bits per heavy atom. The fourth-order valence-electron chi connectivity index (χ4n) is 3.50. The molecule has 2 atom stereocenters. The van der Waals surface area contributed by atoms with Crippen LogP contribution in [-0.2, 0) is 4.79 Å². The van der Waals surface area contributed by atoms with Crippen LogP contribution in [0.4, 0.5) is 0 Å².